The number of benzene rings is 1. The van der Waals surface area contributed by atoms with Crippen LogP contribution in [0.1, 0.15) is 43.2 Å². The molecule has 1 heterocycles. The van der Waals surface area contributed by atoms with Crippen molar-refractivity contribution < 1.29 is 0 Å². The lowest BCUT2D eigenvalue weighted by Crippen LogP contribution is -2.05. The minimum Gasteiger partial charge on any atom is -0.384 e. The highest BCUT2D eigenvalue weighted by atomic mass is 14.9. The molecule has 0 saturated carbocycles. The molecular formula is C19H24N2. The van der Waals surface area contributed by atoms with Crippen LogP contribution in [0, 0.1) is 13.8 Å². The number of nitrogens with zero attached hydrogens (tertiary/aromatic N) is 1. The number of fused-ring (bicyclic) bond motifs is 1. The van der Waals surface area contributed by atoms with Crippen LogP contribution >= 0.6 is 0 Å². The zero-order chi connectivity index (χ0) is 14.7. The van der Waals surface area contributed by atoms with Gasteiger partial charge in [0.15, 0.2) is 0 Å². The van der Waals surface area contributed by atoms with Gasteiger partial charge in [0.2, 0.25) is 0 Å². The molecule has 1 aromatic carbocycles. The Bertz CT molecular complexity index is 671. The summed E-state index contributed by atoms with van der Waals surface area (Å²) in [5.41, 5.74) is 6.50. The van der Waals surface area contributed by atoms with Gasteiger partial charge in [-0.15, -0.1) is 0 Å². The van der Waals surface area contributed by atoms with Gasteiger partial charge in [0.25, 0.3) is 0 Å². The molecule has 0 atom stereocenters. The predicted octanol–water partition coefficient (Wildman–Crippen LogP) is 5.15. The first-order valence-electron chi connectivity index (χ1n) is 8.02. The van der Waals surface area contributed by atoms with Crippen LogP contribution in [0.5, 0.6) is 0 Å². The maximum Gasteiger partial charge on any atom is 0.0752 e. The summed E-state index contributed by atoms with van der Waals surface area (Å²) in [6, 6.07) is 6.53. The molecule has 2 nitrogen and oxygen atoms in total. The van der Waals surface area contributed by atoms with E-state index in [2.05, 4.69) is 48.4 Å². The summed E-state index contributed by atoms with van der Waals surface area (Å²) in [6.07, 6.45) is 10.8. The highest BCUT2D eigenvalue weighted by molar-refractivity contribution is 5.93. The van der Waals surface area contributed by atoms with Crippen LogP contribution in [-0.4, -0.2) is 11.5 Å². The number of aryl methyl sites for hydroxylation is 2. The van der Waals surface area contributed by atoms with Gasteiger partial charge >= 0.3 is 0 Å². The molecule has 0 fully saturated rings. The van der Waals surface area contributed by atoms with E-state index in [4.69, 9.17) is 0 Å². The van der Waals surface area contributed by atoms with E-state index in [-0.39, 0.29) is 0 Å². The van der Waals surface area contributed by atoms with E-state index in [1.54, 1.807) is 5.57 Å². The third kappa shape index (κ3) is 3.26. The van der Waals surface area contributed by atoms with Gasteiger partial charge in [0.05, 0.1) is 5.52 Å². The number of hydrogen-bond acceptors (Lipinski definition) is 2. The van der Waals surface area contributed by atoms with E-state index in [0.717, 1.165) is 18.5 Å². The lowest BCUT2D eigenvalue weighted by Gasteiger charge is -2.15. The highest BCUT2D eigenvalue weighted by Gasteiger charge is 2.06. The van der Waals surface area contributed by atoms with Crippen molar-refractivity contribution >= 4 is 16.6 Å². The molecule has 3 rings (SSSR count). The van der Waals surface area contributed by atoms with Gasteiger partial charge in [-0.1, -0.05) is 23.3 Å². The fraction of sp³-hybridized carbons (Fsp3) is 0.421. The van der Waals surface area contributed by atoms with Crippen LogP contribution in [-0.2, 0) is 0 Å². The number of pyridine rings is 1. The topological polar surface area (TPSA) is 24.9 Å². The van der Waals surface area contributed by atoms with E-state index in [1.807, 2.05) is 6.20 Å². The molecule has 21 heavy (non-hydrogen) atoms. The molecule has 1 aliphatic rings. The Morgan fingerprint density at radius 3 is 2.90 bits per heavy atom. The summed E-state index contributed by atoms with van der Waals surface area (Å²) in [5, 5.41) is 4.85. The lowest BCUT2D eigenvalue weighted by atomic mass is 9.97. The van der Waals surface area contributed by atoms with Crippen molar-refractivity contribution in [2.24, 2.45) is 0 Å². The lowest BCUT2D eigenvalue weighted by molar-refractivity contribution is 0.679. The Labute approximate surface area is 127 Å². The zero-order valence-corrected chi connectivity index (χ0v) is 13.1. The molecule has 0 amide bonds. The van der Waals surface area contributed by atoms with Crippen molar-refractivity contribution in [2.45, 2.75) is 46.0 Å². The molecule has 0 aliphatic heterocycles. The van der Waals surface area contributed by atoms with Gasteiger partial charge < -0.3 is 5.32 Å². The number of hydrogen-bond donors (Lipinski definition) is 1. The molecule has 0 spiro atoms. The van der Waals surface area contributed by atoms with E-state index < -0.39 is 0 Å². The van der Waals surface area contributed by atoms with E-state index >= 15 is 0 Å². The maximum absolute atomic E-state index is 4.53. The van der Waals surface area contributed by atoms with Crippen LogP contribution < -0.4 is 5.32 Å². The van der Waals surface area contributed by atoms with Crippen LogP contribution in [0.2, 0.25) is 0 Å². The number of allylic oxidation sites excluding steroid dienone is 1. The molecule has 1 aliphatic carbocycles. The number of nitrogens with one attached hydrogen (secondary N) is 1. The Hall–Kier alpha value is -1.83. The van der Waals surface area contributed by atoms with Crippen molar-refractivity contribution in [3.63, 3.8) is 0 Å². The fourth-order valence-corrected chi connectivity index (χ4v) is 3.26. The molecule has 2 heteroatoms. The van der Waals surface area contributed by atoms with E-state index in [9.17, 15) is 0 Å². The fourth-order valence-electron chi connectivity index (χ4n) is 3.26. The summed E-state index contributed by atoms with van der Waals surface area (Å²) >= 11 is 0. The van der Waals surface area contributed by atoms with Gasteiger partial charge in [-0.05, 0) is 63.6 Å². The number of anilines is 1. The Morgan fingerprint density at radius 1 is 1.19 bits per heavy atom. The SMILES string of the molecule is Cc1cc(C)c2nccc(NCCC3=CCCCC3)c2c1. The van der Waals surface area contributed by atoms with Gasteiger partial charge in [-0.25, -0.2) is 0 Å². The Balaban J connectivity index is 1.76. The minimum atomic E-state index is 1.01. The van der Waals surface area contributed by atoms with Crippen molar-refractivity contribution in [1.82, 2.24) is 4.98 Å². The average molecular weight is 280 g/mol. The van der Waals surface area contributed by atoms with Crippen molar-refractivity contribution in [1.29, 1.82) is 0 Å². The third-order valence-electron chi connectivity index (χ3n) is 4.33. The van der Waals surface area contributed by atoms with Gasteiger partial charge in [0, 0.05) is 23.8 Å². The molecule has 110 valence electrons. The summed E-state index contributed by atoms with van der Waals surface area (Å²) in [5.74, 6) is 0. The Morgan fingerprint density at radius 2 is 2.10 bits per heavy atom. The normalized spacial score (nSPS) is 15.0. The molecule has 1 N–H and O–H groups in total. The van der Waals surface area contributed by atoms with Crippen molar-refractivity contribution in [3.05, 3.63) is 47.2 Å². The van der Waals surface area contributed by atoms with Crippen LogP contribution in [0.15, 0.2) is 36.0 Å². The maximum atomic E-state index is 4.53. The Kier molecular flexibility index (Phi) is 4.23. The van der Waals surface area contributed by atoms with Crippen LogP contribution in [0.4, 0.5) is 5.69 Å². The second kappa shape index (κ2) is 6.30. The standard InChI is InChI=1S/C19H24N2/c1-14-12-15(2)19-17(13-14)18(9-11-21-19)20-10-8-16-6-4-3-5-7-16/h6,9,11-13H,3-5,7-8,10H2,1-2H3,(H,20,21). The molecular weight excluding hydrogens is 256 g/mol. The van der Waals surface area contributed by atoms with E-state index in [0.29, 0.717) is 0 Å². The van der Waals surface area contributed by atoms with Gasteiger partial charge in [-0.2, -0.15) is 0 Å². The largest absolute Gasteiger partial charge is 0.384 e. The number of rotatable bonds is 4. The second-order valence-electron chi connectivity index (χ2n) is 6.12. The average Bonchev–Trinajstić information content (AvgIpc) is 2.49. The van der Waals surface area contributed by atoms with Crippen LogP contribution in [0.3, 0.4) is 0 Å². The van der Waals surface area contributed by atoms with Gasteiger partial charge in [0.1, 0.15) is 0 Å². The van der Waals surface area contributed by atoms with Crippen molar-refractivity contribution in [3.8, 4) is 0 Å². The first-order valence-corrected chi connectivity index (χ1v) is 8.02. The molecule has 0 bridgehead atoms. The summed E-state index contributed by atoms with van der Waals surface area (Å²) in [7, 11) is 0. The van der Waals surface area contributed by atoms with E-state index in [1.165, 1.54) is 47.9 Å². The second-order valence-corrected chi connectivity index (χ2v) is 6.12. The highest BCUT2D eigenvalue weighted by Crippen LogP contribution is 2.26. The predicted molar refractivity (Wildman–Crippen MR) is 90.9 cm³/mol. The molecule has 1 aromatic heterocycles. The molecule has 0 radical (unpaired) electrons. The monoisotopic (exact) mass is 280 g/mol. The summed E-state index contributed by atoms with van der Waals surface area (Å²) in [4.78, 5) is 4.53. The van der Waals surface area contributed by atoms with Gasteiger partial charge in [-0.3, -0.25) is 4.98 Å². The first-order chi connectivity index (χ1) is 10.2. The molecule has 2 aromatic rings. The first kappa shape index (κ1) is 14.1. The quantitative estimate of drug-likeness (QED) is 0.783. The van der Waals surface area contributed by atoms with Crippen LogP contribution in [0.25, 0.3) is 10.9 Å². The molecule has 0 unspecified atom stereocenters. The molecule has 0 saturated heterocycles. The number of aromatic nitrogens is 1. The minimum absolute atomic E-state index is 1.01. The third-order valence-corrected chi connectivity index (χ3v) is 4.33. The summed E-state index contributed by atoms with van der Waals surface area (Å²) < 4.78 is 0. The summed E-state index contributed by atoms with van der Waals surface area (Å²) in [6.45, 7) is 5.30. The van der Waals surface area contributed by atoms with Crippen molar-refractivity contribution in [2.75, 3.05) is 11.9 Å². The zero-order valence-electron chi connectivity index (χ0n) is 13.1. The smallest absolute Gasteiger partial charge is 0.0752 e.